The summed E-state index contributed by atoms with van der Waals surface area (Å²) in [6.45, 7) is 0. The molecule has 3 aromatic rings. The van der Waals surface area contributed by atoms with E-state index in [-0.39, 0.29) is 11.7 Å². The second-order valence-electron chi connectivity index (χ2n) is 9.91. The second-order valence-corrected chi connectivity index (χ2v) is 9.91. The highest BCUT2D eigenvalue weighted by Gasteiger charge is 2.47. The Bertz CT molecular complexity index is 1240. The van der Waals surface area contributed by atoms with Crippen molar-refractivity contribution in [3.05, 3.63) is 83.4 Å². The highest BCUT2D eigenvalue weighted by Crippen LogP contribution is 2.46. The molecule has 0 radical (unpaired) electrons. The molecule has 1 aliphatic heterocycles. The van der Waals surface area contributed by atoms with E-state index in [4.69, 9.17) is 15.2 Å². The van der Waals surface area contributed by atoms with E-state index in [9.17, 15) is 9.90 Å². The maximum atomic E-state index is 13.3. The minimum atomic E-state index is -0.695. The molecule has 1 saturated carbocycles. The van der Waals surface area contributed by atoms with Gasteiger partial charge in [0, 0.05) is 25.2 Å². The first-order valence-corrected chi connectivity index (χ1v) is 12.6. The number of carbonyl (C=O) groups is 1. The molecule has 0 spiro atoms. The van der Waals surface area contributed by atoms with Gasteiger partial charge in [0.1, 0.15) is 17.1 Å². The summed E-state index contributed by atoms with van der Waals surface area (Å²) < 4.78 is 13.3. The Kier molecular flexibility index (Phi) is 6.72. The van der Waals surface area contributed by atoms with Crippen LogP contribution in [-0.2, 0) is 22.4 Å². The van der Waals surface area contributed by atoms with Crippen molar-refractivity contribution >= 4 is 11.7 Å². The van der Waals surface area contributed by atoms with Crippen LogP contribution >= 0.6 is 0 Å². The van der Waals surface area contributed by atoms with Crippen molar-refractivity contribution < 1.29 is 19.4 Å². The van der Waals surface area contributed by atoms with Gasteiger partial charge in [0.15, 0.2) is 0 Å². The van der Waals surface area contributed by atoms with Crippen LogP contribution in [0.15, 0.2) is 72.3 Å². The molecule has 0 amide bonds. The van der Waals surface area contributed by atoms with E-state index >= 15 is 0 Å². The van der Waals surface area contributed by atoms with Crippen molar-refractivity contribution in [2.45, 2.75) is 57.0 Å². The van der Waals surface area contributed by atoms with Gasteiger partial charge in [0.25, 0.3) is 0 Å². The molecule has 2 aromatic carbocycles. The first-order chi connectivity index (χ1) is 17.5. The summed E-state index contributed by atoms with van der Waals surface area (Å²) in [4.78, 5) is 13.3. The molecular weight excluding hydrogens is 454 g/mol. The van der Waals surface area contributed by atoms with Crippen LogP contribution in [0.5, 0.6) is 5.75 Å². The maximum absolute atomic E-state index is 13.3. The van der Waals surface area contributed by atoms with E-state index in [0.717, 1.165) is 42.5 Å². The third kappa shape index (κ3) is 4.83. The van der Waals surface area contributed by atoms with Crippen LogP contribution in [0.25, 0.3) is 5.69 Å². The normalized spacial score (nSPS) is 20.5. The zero-order chi connectivity index (χ0) is 25.1. The number of anilines is 1. The summed E-state index contributed by atoms with van der Waals surface area (Å²) in [7, 11) is 1.60. The van der Waals surface area contributed by atoms with Crippen molar-refractivity contribution in [1.82, 2.24) is 9.78 Å². The molecule has 1 fully saturated rings. The Morgan fingerprint density at radius 1 is 1.17 bits per heavy atom. The van der Waals surface area contributed by atoms with E-state index in [0.29, 0.717) is 42.7 Å². The molecule has 5 rings (SSSR count). The average Bonchev–Trinajstić information content (AvgIpc) is 3.61. The molecule has 188 valence electrons. The maximum Gasteiger partial charge on any atom is 0.338 e. The number of aliphatic hydroxyl groups is 1. The van der Waals surface area contributed by atoms with Crippen LogP contribution in [0.3, 0.4) is 0 Å². The van der Waals surface area contributed by atoms with E-state index in [1.54, 1.807) is 18.0 Å². The zero-order valence-electron chi connectivity index (χ0n) is 20.7. The van der Waals surface area contributed by atoms with E-state index in [2.05, 4.69) is 5.10 Å². The Labute approximate surface area is 211 Å². The number of cyclic esters (lactones) is 1. The molecule has 1 aromatic heterocycles. The van der Waals surface area contributed by atoms with Gasteiger partial charge in [-0.3, -0.25) is 0 Å². The number of methoxy groups -OCH3 is 1. The SMILES string of the molecule is COc1ccc(CCC2(C3CCCC3)CC(O)=C(Cc3ccc(-n4cccn4)cc3)C(=O)O2)cc1N. The number of nitrogen functional groups attached to an aromatic ring is 1. The summed E-state index contributed by atoms with van der Waals surface area (Å²) in [5.41, 5.74) is 9.29. The largest absolute Gasteiger partial charge is 0.512 e. The predicted molar refractivity (Wildman–Crippen MR) is 138 cm³/mol. The highest BCUT2D eigenvalue weighted by atomic mass is 16.6. The van der Waals surface area contributed by atoms with Crippen LogP contribution in [-0.4, -0.2) is 33.6 Å². The third-order valence-corrected chi connectivity index (χ3v) is 7.67. The molecular formula is C29H33N3O4. The van der Waals surface area contributed by atoms with Gasteiger partial charge >= 0.3 is 5.97 Å². The topological polar surface area (TPSA) is 99.6 Å². The number of hydrogen-bond acceptors (Lipinski definition) is 6. The van der Waals surface area contributed by atoms with Crippen LogP contribution < -0.4 is 10.5 Å². The molecule has 1 atom stereocenters. The number of benzene rings is 2. The lowest BCUT2D eigenvalue weighted by Gasteiger charge is -2.42. The molecule has 0 saturated heterocycles. The molecule has 7 heteroatoms. The molecule has 2 aliphatic rings. The van der Waals surface area contributed by atoms with Crippen molar-refractivity contribution in [3.63, 3.8) is 0 Å². The number of carbonyl (C=O) groups excluding carboxylic acids is 1. The van der Waals surface area contributed by atoms with Gasteiger partial charge in [-0.05, 0) is 73.1 Å². The molecule has 7 nitrogen and oxygen atoms in total. The first kappa shape index (κ1) is 24.0. The number of hydrogen-bond donors (Lipinski definition) is 2. The summed E-state index contributed by atoms with van der Waals surface area (Å²) in [5, 5.41) is 15.4. The van der Waals surface area contributed by atoms with Crippen LogP contribution in [0.2, 0.25) is 0 Å². The number of nitrogens with zero attached hydrogens (tertiary/aromatic N) is 2. The lowest BCUT2D eigenvalue weighted by Crippen LogP contribution is -2.46. The Morgan fingerprint density at radius 3 is 2.56 bits per heavy atom. The summed E-state index contributed by atoms with van der Waals surface area (Å²) in [6.07, 6.45) is 9.92. The fourth-order valence-corrected chi connectivity index (χ4v) is 5.68. The van der Waals surface area contributed by atoms with Gasteiger partial charge in [-0.1, -0.05) is 31.0 Å². The molecule has 1 aliphatic carbocycles. The van der Waals surface area contributed by atoms with E-state index in [1.165, 1.54) is 0 Å². The Morgan fingerprint density at radius 2 is 1.92 bits per heavy atom. The highest BCUT2D eigenvalue weighted by molar-refractivity contribution is 5.90. The van der Waals surface area contributed by atoms with Gasteiger partial charge in [-0.25, -0.2) is 9.48 Å². The van der Waals surface area contributed by atoms with E-state index in [1.807, 2.05) is 54.7 Å². The number of aliphatic hydroxyl groups excluding tert-OH is 1. The first-order valence-electron chi connectivity index (χ1n) is 12.6. The monoisotopic (exact) mass is 487 g/mol. The quantitative estimate of drug-likeness (QED) is 0.329. The fourth-order valence-electron chi connectivity index (χ4n) is 5.68. The molecule has 0 bridgehead atoms. The number of aryl methyl sites for hydroxylation is 1. The van der Waals surface area contributed by atoms with Gasteiger partial charge in [0.2, 0.25) is 0 Å². The Balaban J connectivity index is 1.35. The van der Waals surface area contributed by atoms with Crippen molar-refractivity contribution in [2.24, 2.45) is 5.92 Å². The van der Waals surface area contributed by atoms with Crippen molar-refractivity contribution in [1.29, 1.82) is 0 Å². The second kappa shape index (κ2) is 10.1. The van der Waals surface area contributed by atoms with Gasteiger partial charge < -0.3 is 20.3 Å². The summed E-state index contributed by atoms with van der Waals surface area (Å²) >= 11 is 0. The standard InChI is InChI=1S/C29H33N3O4/c1-35-27-12-9-21(18-25(27)30)13-14-29(22-5-2-3-6-22)19-26(33)24(28(34)36-29)17-20-7-10-23(11-8-20)32-16-4-15-31-32/h4,7-12,15-16,18,22,33H,2-3,5-6,13-14,17,19,30H2,1H3. The zero-order valence-corrected chi connectivity index (χ0v) is 20.7. The smallest absolute Gasteiger partial charge is 0.338 e. The number of aromatic nitrogens is 2. The summed E-state index contributed by atoms with van der Waals surface area (Å²) in [6, 6.07) is 15.5. The lowest BCUT2D eigenvalue weighted by molar-refractivity contribution is -0.167. The van der Waals surface area contributed by atoms with Crippen LogP contribution in [0.4, 0.5) is 5.69 Å². The van der Waals surface area contributed by atoms with Crippen LogP contribution in [0, 0.1) is 5.92 Å². The van der Waals surface area contributed by atoms with Crippen LogP contribution in [0.1, 0.15) is 49.7 Å². The van der Waals surface area contributed by atoms with Gasteiger partial charge in [0.05, 0.1) is 24.1 Å². The fraction of sp³-hybridized carbons (Fsp3) is 0.379. The van der Waals surface area contributed by atoms with Gasteiger partial charge in [-0.2, -0.15) is 5.10 Å². The molecule has 2 heterocycles. The van der Waals surface area contributed by atoms with Crippen molar-refractivity contribution in [3.8, 4) is 11.4 Å². The lowest BCUT2D eigenvalue weighted by atomic mass is 9.76. The number of esters is 1. The number of rotatable bonds is 8. The molecule has 36 heavy (non-hydrogen) atoms. The average molecular weight is 488 g/mol. The van der Waals surface area contributed by atoms with E-state index < -0.39 is 11.6 Å². The number of ether oxygens (including phenoxy) is 2. The molecule has 3 N–H and O–H groups in total. The summed E-state index contributed by atoms with van der Waals surface area (Å²) in [5.74, 6) is 0.643. The minimum absolute atomic E-state index is 0.156. The number of nitrogens with two attached hydrogens (primary N) is 1. The third-order valence-electron chi connectivity index (χ3n) is 7.67. The Hall–Kier alpha value is -3.74. The minimum Gasteiger partial charge on any atom is -0.512 e. The van der Waals surface area contributed by atoms with Gasteiger partial charge in [-0.15, -0.1) is 0 Å². The van der Waals surface area contributed by atoms with Crippen molar-refractivity contribution in [2.75, 3.05) is 12.8 Å². The predicted octanol–water partition coefficient (Wildman–Crippen LogP) is 5.33. The molecule has 1 unspecified atom stereocenters.